The zero-order valence-corrected chi connectivity index (χ0v) is 13.1. The van der Waals surface area contributed by atoms with Crippen LogP contribution in [0.3, 0.4) is 0 Å². The van der Waals surface area contributed by atoms with Crippen molar-refractivity contribution in [1.82, 2.24) is 9.55 Å². The Bertz CT molecular complexity index is 888. The van der Waals surface area contributed by atoms with Gasteiger partial charge < -0.3 is 9.30 Å². The fourth-order valence-corrected chi connectivity index (χ4v) is 2.66. The molecule has 1 aromatic carbocycles. The summed E-state index contributed by atoms with van der Waals surface area (Å²) in [6, 6.07) is 8.11. The molecule has 0 amide bonds. The Morgan fingerprint density at radius 1 is 1.22 bits per heavy atom. The number of fused-ring (bicyclic) bond motifs is 1. The van der Waals surface area contributed by atoms with Crippen molar-refractivity contribution in [2.24, 2.45) is 0 Å². The lowest BCUT2D eigenvalue weighted by molar-refractivity contribution is 0.308. The normalized spacial score (nSPS) is 10.7. The fourth-order valence-electron chi connectivity index (χ4n) is 2.66. The number of pyridine rings is 1. The van der Waals surface area contributed by atoms with E-state index in [1.807, 2.05) is 24.5 Å². The maximum absolute atomic E-state index is 13.0. The number of aromatic nitrogens is 2. The minimum atomic E-state index is -0.255. The van der Waals surface area contributed by atoms with Crippen LogP contribution in [0, 0.1) is 32.0 Å². The first kappa shape index (κ1) is 15.1. The summed E-state index contributed by atoms with van der Waals surface area (Å²) in [5.41, 5.74) is 4.89. The van der Waals surface area contributed by atoms with E-state index in [1.54, 1.807) is 18.3 Å². The zero-order valence-electron chi connectivity index (χ0n) is 13.1. The lowest BCUT2D eigenvalue weighted by Gasteiger charge is -2.10. The Morgan fingerprint density at radius 3 is 2.65 bits per heavy atom. The van der Waals surface area contributed by atoms with E-state index in [4.69, 9.17) is 11.2 Å². The summed E-state index contributed by atoms with van der Waals surface area (Å²) in [6.45, 7) is 4.88. The van der Waals surface area contributed by atoms with E-state index in [-0.39, 0.29) is 5.82 Å². The Hall–Kier alpha value is -2.80. The third-order valence-electron chi connectivity index (χ3n) is 4.02. The van der Waals surface area contributed by atoms with Gasteiger partial charge in [-0.15, -0.1) is 6.42 Å². The lowest BCUT2D eigenvalue weighted by Crippen LogP contribution is -2.02. The number of benzene rings is 1. The molecule has 0 saturated carbocycles. The van der Waals surface area contributed by atoms with Gasteiger partial charge in [0, 0.05) is 18.0 Å². The average Bonchev–Trinajstić information content (AvgIpc) is 2.80. The maximum Gasteiger partial charge on any atom is 0.147 e. The van der Waals surface area contributed by atoms with Gasteiger partial charge >= 0.3 is 0 Å². The molecule has 116 valence electrons. The number of nitrogens with zero attached hydrogens (tertiary/aromatic N) is 2. The quantitative estimate of drug-likeness (QED) is 0.681. The van der Waals surface area contributed by atoms with Crippen molar-refractivity contribution in [3.63, 3.8) is 0 Å². The molecule has 23 heavy (non-hydrogen) atoms. The summed E-state index contributed by atoms with van der Waals surface area (Å²) in [7, 11) is 0. The fraction of sp³-hybridized carbons (Fsp3) is 0.211. The Morgan fingerprint density at radius 2 is 1.96 bits per heavy atom. The van der Waals surface area contributed by atoms with E-state index in [0.717, 1.165) is 33.6 Å². The molecule has 4 heteroatoms. The largest absolute Gasteiger partial charge is 0.487 e. The van der Waals surface area contributed by atoms with E-state index < -0.39 is 0 Å². The molecule has 0 spiro atoms. The van der Waals surface area contributed by atoms with Crippen LogP contribution in [0.4, 0.5) is 4.39 Å². The van der Waals surface area contributed by atoms with Crippen LogP contribution in [0.15, 0.2) is 36.5 Å². The third kappa shape index (κ3) is 2.78. The van der Waals surface area contributed by atoms with Gasteiger partial charge in [-0.1, -0.05) is 18.1 Å². The SMILES string of the molecule is C#CCn1c(C)c(C)c2nccc(OCc3ccc(F)cc3)c21. The average molecular weight is 308 g/mol. The molecule has 0 aliphatic heterocycles. The highest BCUT2D eigenvalue weighted by Crippen LogP contribution is 2.31. The number of halogens is 1. The first-order valence-corrected chi connectivity index (χ1v) is 7.37. The highest BCUT2D eigenvalue weighted by Gasteiger charge is 2.15. The van der Waals surface area contributed by atoms with Crippen LogP contribution >= 0.6 is 0 Å². The van der Waals surface area contributed by atoms with E-state index >= 15 is 0 Å². The first-order chi connectivity index (χ1) is 11.1. The maximum atomic E-state index is 13.0. The molecule has 0 radical (unpaired) electrons. The molecule has 0 atom stereocenters. The van der Waals surface area contributed by atoms with Gasteiger partial charge in [0.25, 0.3) is 0 Å². The molecule has 2 aromatic heterocycles. The molecule has 0 aliphatic carbocycles. The number of rotatable bonds is 4. The van der Waals surface area contributed by atoms with Crippen molar-refractivity contribution in [3.8, 4) is 18.1 Å². The number of aryl methyl sites for hydroxylation is 1. The first-order valence-electron chi connectivity index (χ1n) is 7.37. The summed E-state index contributed by atoms with van der Waals surface area (Å²) >= 11 is 0. The summed E-state index contributed by atoms with van der Waals surface area (Å²) in [4.78, 5) is 4.45. The molecule has 3 nitrogen and oxygen atoms in total. The van der Waals surface area contributed by atoms with Crippen LogP contribution in [-0.4, -0.2) is 9.55 Å². The topological polar surface area (TPSA) is 27.1 Å². The van der Waals surface area contributed by atoms with Gasteiger partial charge in [0.15, 0.2) is 0 Å². The van der Waals surface area contributed by atoms with E-state index in [2.05, 4.69) is 10.9 Å². The monoisotopic (exact) mass is 308 g/mol. The van der Waals surface area contributed by atoms with E-state index in [1.165, 1.54) is 12.1 Å². The van der Waals surface area contributed by atoms with Crippen molar-refractivity contribution in [1.29, 1.82) is 0 Å². The summed E-state index contributed by atoms with van der Waals surface area (Å²) < 4.78 is 21.0. The number of terminal acetylenes is 1. The van der Waals surface area contributed by atoms with Crippen molar-refractivity contribution in [3.05, 3.63) is 59.2 Å². The second-order valence-electron chi connectivity index (χ2n) is 5.42. The van der Waals surface area contributed by atoms with Crippen LogP contribution in [0.2, 0.25) is 0 Å². The molecular formula is C19H17FN2O. The standard InChI is InChI=1S/C19H17FN2O/c1-4-11-22-14(3)13(2)18-19(22)17(9-10-21-18)23-12-15-5-7-16(20)8-6-15/h1,5-10H,11-12H2,2-3H3. The van der Waals surface area contributed by atoms with Gasteiger partial charge in [0.05, 0.1) is 12.1 Å². The minimum absolute atomic E-state index is 0.255. The molecule has 0 unspecified atom stereocenters. The van der Waals surface area contributed by atoms with Gasteiger partial charge in [0.1, 0.15) is 23.7 Å². The Balaban J connectivity index is 1.99. The molecular weight excluding hydrogens is 291 g/mol. The minimum Gasteiger partial charge on any atom is -0.487 e. The van der Waals surface area contributed by atoms with Crippen molar-refractivity contribution < 1.29 is 9.13 Å². The second kappa shape index (κ2) is 6.13. The Kier molecular flexibility index (Phi) is 4.03. The lowest BCUT2D eigenvalue weighted by atomic mass is 10.2. The summed E-state index contributed by atoms with van der Waals surface area (Å²) in [6.07, 6.45) is 7.22. The summed E-state index contributed by atoms with van der Waals surface area (Å²) in [5.74, 6) is 3.15. The van der Waals surface area contributed by atoms with Gasteiger partial charge in [-0.05, 0) is 37.1 Å². The predicted octanol–water partition coefficient (Wildman–Crippen LogP) is 4.00. The van der Waals surface area contributed by atoms with E-state index in [9.17, 15) is 4.39 Å². The van der Waals surface area contributed by atoms with Gasteiger partial charge in [0.2, 0.25) is 0 Å². The molecule has 0 N–H and O–H groups in total. The van der Waals surface area contributed by atoms with Crippen LogP contribution < -0.4 is 4.74 Å². The highest BCUT2D eigenvalue weighted by atomic mass is 19.1. The number of hydrogen-bond acceptors (Lipinski definition) is 2. The predicted molar refractivity (Wildman–Crippen MR) is 88.8 cm³/mol. The van der Waals surface area contributed by atoms with Crippen LogP contribution in [0.1, 0.15) is 16.8 Å². The Labute approximate surface area is 134 Å². The van der Waals surface area contributed by atoms with Crippen molar-refractivity contribution >= 4 is 11.0 Å². The van der Waals surface area contributed by atoms with Gasteiger partial charge in [-0.2, -0.15) is 0 Å². The molecule has 0 aliphatic rings. The third-order valence-corrected chi connectivity index (χ3v) is 4.02. The van der Waals surface area contributed by atoms with Crippen LogP contribution in [-0.2, 0) is 13.2 Å². The molecule has 0 saturated heterocycles. The zero-order chi connectivity index (χ0) is 16.4. The van der Waals surface area contributed by atoms with Crippen molar-refractivity contribution in [2.45, 2.75) is 27.0 Å². The van der Waals surface area contributed by atoms with Gasteiger partial charge in [-0.3, -0.25) is 4.98 Å². The van der Waals surface area contributed by atoms with Crippen molar-refractivity contribution in [2.75, 3.05) is 0 Å². The van der Waals surface area contributed by atoms with E-state index in [0.29, 0.717) is 13.2 Å². The molecule has 2 heterocycles. The molecule has 3 aromatic rings. The molecule has 3 rings (SSSR count). The molecule has 0 fully saturated rings. The van der Waals surface area contributed by atoms with Crippen LogP contribution in [0.25, 0.3) is 11.0 Å². The smallest absolute Gasteiger partial charge is 0.147 e. The van der Waals surface area contributed by atoms with Crippen LogP contribution in [0.5, 0.6) is 5.75 Å². The number of hydrogen-bond donors (Lipinski definition) is 0. The highest BCUT2D eigenvalue weighted by molar-refractivity contribution is 5.86. The second-order valence-corrected chi connectivity index (χ2v) is 5.42. The summed E-state index contributed by atoms with van der Waals surface area (Å²) in [5, 5.41) is 0. The molecule has 0 bridgehead atoms. The number of ether oxygens (including phenoxy) is 1. The van der Waals surface area contributed by atoms with Gasteiger partial charge in [-0.25, -0.2) is 4.39 Å².